The Hall–Kier alpha value is -8.24. The van der Waals surface area contributed by atoms with Gasteiger partial charge in [0.2, 0.25) is 0 Å². The number of hydrogen-bond donors (Lipinski definition) is 6. The molecule has 308 valence electrons. The molecular weight excluding hydrogens is 789 g/mol. The maximum Gasteiger partial charge on any atom is 0.145 e. The molecule has 6 N–H and O–H groups in total. The molecule has 0 amide bonds. The minimum atomic E-state index is 0.0287. The summed E-state index contributed by atoms with van der Waals surface area (Å²) in [5.74, 6) is 0.491. The van der Waals surface area contributed by atoms with Crippen molar-refractivity contribution in [3.05, 3.63) is 202 Å². The first-order valence-electron chi connectivity index (χ1n) is 20.6. The number of rotatable bonds is 10. The molecule has 0 aliphatic carbocycles. The number of phenolic OH excluding ortho intramolecular Hbond substituents is 6. The van der Waals surface area contributed by atoms with Crippen LogP contribution in [-0.2, 0) is 32.1 Å². The van der Waals surface area contributed by atoms with E-state index in [1.54, 1.807) is 55.1 Å². The Balaban J connectivity index is 1.07. The number of aromatic hydroxyl groups is 6. The van der Waals surface area contributed by atoms with Crippen LogP contribution in [0.4, 0.5) is 0 Å². The highest BCUT2D eigenvalue weighted by atomic mass is 16.3. The average Bonchev–Trinajstić information content (AvgIpc) is 3.30. The molecule has 63 heavy (non-hydrogen) atoms. The van der Waals surface area contributed by atoms with E-state index in [0.29, 0.717) is 63.6 Å². The molecule has 6 aromatic carbocycles. The third-order valence-corrected chi connectivity index (χ3v) is 11.9. The molecule has 10 aromatic rings. The summed E-state index contributed by atoms with van der Waals surface area (Å²) in [6.45, 7) is 0. The van der Waals surface area contributed by atoms with E-state index < -0.39 is 0 Å². The predicted molar refractivity (Wildman–Crippen MR) is 244 cm³/mol. The van der Waals surface area contributed by atoms with Crippen molar-refractivity contribution < 1.29 is 30.6 Å². The number of aromatic nitrogens is 4. The molecule has 0 spiro atoms. The van der Waals surface area contributed by atoms with Gasteiger partial charge in [0, 0.05) is 94.3 Å². The zero-order chi connectivity index (χ0) is 43.2. The van der Waals surface area contributed by atoms with Crippen LogP contribution in [0.3, 0.4) is 0 Å². The summed E-state index contributed by atoms with van der Waals surface area (Å²) >= 11 is 0. The van der Waals surface area contributed by atoms with Crippen LogP contribution in [0.5, 0.6) is 34.5 Å². The van der Waals surface area contributed by atoms with Gasteiger partial charge in [-0.1, -0.05) is 72.8 Å². The second kappa shape index (κ2) is 16.0. The Kier molecular flexibility index (Phi) is 9.88. The molecule has 0 aliphatic heterocycles. The number of hydrogen-bond acceptors (Lipinski definition) is 10. The fraction of sp³-hybridized carbons (Fsp3) is 0.0943. The van der Waals surface area contributed by atoms with Crippen molar-refractivity contribution >= 4 is 43.6 Å². The summed E-state index contributed by atoms with van der Waals surface area (Å²) in [4.78, 5) is 18.3. The van der Waals surface area contributed by atoms with Crippen molar-refractivity contribution in [2.24, 2.45) is 0 Å². The lowest BCUT2D eigenvalue weighted by molar-refractivity contribution is 0.471. The number of pyridine rings is 4. The molecule has 10 heteroatoms. The molecule has 0 fully saturated rings. The van der Waals surface area contributed by atoms with Crippen LogP contribution in [-0.4, -0.2) is 50.6 Å². The molecule has 10 rings (SSSR count). The van der Waals surface area contributed by atoms with Crippen molar-refractivity contribution in [3.8, 4) is 34.5 Å². The van der Waals surface area contributed by atoms with Gasteiger partial charge in [-0.15, -0.1) is 0 Å². The minimum absolute atomic E-state index is 0.0287. The maximum atomic E-state index is 11.9. The van der Waals surface area contributed by atoms with Crippen molar-refractivity contribution in [3.63, 3.8) is 0 Å². The lowest BCUT2D eigenvalue weighted by atomic mass is 9.89. The number of benzene rings is 6. The van der Waals surface area contributed by atoms with Gasteiger partial charge in [0.15, 0.2) is 0 Å². The minimum Gasteiger partial charge on any atom is -0.508 e. The van der Waals surface area contributed by atoms with Gasteiger partial charge in [-0.05, 0) is 88.3 Å². The SMILES string of the molecule is Oc1cccc(Cc2cc(Cc3cc(Cc4cc(Cc5cc(Cc6cccc(O)c6)c6cccnc6c5O)c5cccnc5c4O)c4cccnc4c3O)c3cccnc3c2O)c1. The van der Waals surface area contributed by atoms with Crippen LogP contribution < -0.4 is 0 Å². The van der Waals surface area contributed by atoms with E-state index in [4.69, 9.17) is 0 Å². The van der Waals surface area contributed by atoms with E-state index in [2.05, 4.69) is 19.9 Å². The van der Waals surface area contributed by atoms with Crippen molar-refractivity contribution in [2.75, 3.05) is 0 Å². The standard InChI is InChI=1S/C53H40N4O6/c58-40-9-1-7-30(21-40)19-32-23-37(51(61)46-42(32)11-3-15-54-46)26-34-27-39(53(63)48-44(34)13-5-17-56-48)29-35-28-38(52(62)49-45(35)14-6-18-57-49)25-33-24-36(20-31-8-2-10-41(59)22-31)50(60)47-43(33)12-4-16-55-47/h1-18,21-24,27-28,58-63H,19-20,25-26,29H2. The molecule has 4 heterocycles. The molecule has 0 atom stereocenters. The van der Waals surface area contributed by atoms with Crippen molar-refractivity contribution in [2.45, 2.75) is 32.1 Å². The molecule has 4 aromatic heterocycles. The maximum absolute atomic E-state index is 11.9. The third-order valence-electron chi connectivity index (χ3n) is 11.9. The average molecular weight is 829 g/mol. The largest absolute Gasteiger partial charge is 0.508 e. The Morgan fingerprint density at radius 1 is 0.286 bits per heavy atom. The second-order valence-corrected chi connectivity index (χ2v) is 16.0. The van der Waals surface area contributed by atoms with Gasteiger partial charge in [-0.3, -0.25) is 19.9 Å². The van der Waals surface area contributed by atoms with E-state index in [1.807, 2.05) is 91.0 Å². The van der Waals surface area contributed by atoms with Gasteiger partial charge < -0.3 is 30.6 Å². The van der Waals surface area contributed by atoms with Gasteiger partial charge in [-0.2, -0.15) is 0 Å². The van der Waals surface area contributed by atoms with Crippen LogP contribution in [0.25, 0.3) is 43.6 Å². The lowest BCUT2D eigenvalue weighted by Gasteiger charge is -2.18. The number of fused-ring (bicyclic) bond motifs is 4. The van der Waals surface area contributed by atoms with Crippen LogP contribution in [0.1, 0.15) is 55.6 Å². The second-order valence-electron chi connectivity index (χ2n) is 16.0. The van der Waals surface area contributed by atoms with E-state index >= 15 is 0 Å². The molecule has 0 bridgehead atoms. The highest BCUT2D eigenvalue weighted by Gasteiger charge is 2.22. The predicted octanol–water partition coefficient (Wildman–Crippen LogP) is 10.1. The smallest absolute Gasteiger partial charge is 0.145 e. The highest BCUT2D eigenvalue weighted by molar-refractivity contribution is 5.94. The molecule has 0 saturated carbocycles. The van der Waals surface area contributed by atoms with Gasteiger partial charge >= 0.3 is 0 Å². The Morgan fingerprint density at radius 3 is 0.889 bits per heavy atom. The third kappa shape index (κ3) is 7.37. The lowest BCUT2D eigenvalue weighted by Crippen LogP contribution is -2.02. The van der Waals surface area contributed by atoms with Crippen LogP contribution in [0.15, 0.2) is 146 Å². The monoisotopic (exact) mass is 828 g/mol. The van der Waals surface area contributed by atoms with E-state index in [0.717, 1.165) is 54.9 Å². The van der Waals surface area contributed by atoms with Crippen molar-refractivity contribution in [1.82, 2.24) is 19.9 Å². The molecule has 0 unspecified atom stereocenters. The number of nitrogens with zero attached hydrogens (tertiary/aromatic N) is 4. The summed E-state index contributed by atoms with van der Waals surface area (Å²) < 4.78 is 0. The fourth-order valence-corrected chi connectivity index (χ4v) is 8.96. The summed E-state index contributed by atoms with van der Waals surface area (Å²) in [6.07, 6.45) is 8.26. The van der Waals surface area contributed by atoms with E-state index in [1.165, 1.54) is 0 Å². The Labute approximate surface area is 361 Å². The van der Waals surface area contributed by atoms with Crippen LogP contribution in [0, 0.1) is 0 Å². The zero-order valence-corrected chi connectivity index (χ0v) is 33.9. The summed E-state index contributed by atoms with van der Waals surface area (Å²) in [7, 11) is 0. The van der Waals surface area contributed by atoms with E-state index in [9.17, 15) is 30.6 Å². The summed E-state index contributed by atoms with van der Waals surface area (Å²) in [5.41, 5.74) is 9.38. The first-order valence-corrected chi connectivity index (χ1v) is 20.6. The first-order chi connectivity index (χ1) is 30.7. The normalized spacial score (nSPS) is 11.6. The van der Waals surface area contributed by atoms with Gasteiger partial charge in [-0.25, -0.2) is 0 Å². The molecular formula is C53H40N4O6. The van der Waals surface area contributed by atoms with Crippen LogP contribution in [0.2, 0.25) is 0 Å². The van der Waals surface area contributed by atoms with Crippen LogP contribution >= 0.6 is 0 Å². The zero-order valence-electron chi connectivity index (χ0n) is 33.9. The molecule has 0 radical (unpaired) electrons. The quantitative estimate of drug-likeness (QED) is 0.0779. The Bertz CT molecular complexity index is 3430. The van der Waals surface area contributed by atoms with Gasteiger partial charge in [0.1, 0.15) is 56.6 Å². The Morgan fingerprint density at radius 2 is 0.571 bits per heavy atom. The highest BCUT2D eigenvalue weighted by Crippen LogP contribution is 2.41. The number of phenols is 6. The van der Waals surface area contributed by atoms with Crippen molar-refractivity contribution in [1.29, 1.82) is 0 Å². The summed E-state index contributed by atoms with van der Waals surface area (Å²) in [5, 5.41) is 70.2. The molecule has 0 aliphatic rings. The summed E-state index contributed by atoms with van der Waals surface area (Å²) in [6, 6.07) is 36.8. The fourth-order valence-electron chi connectivity index (χ4n) is 8.96. The van der Waals surface area contributed by atoms with Gasteiger partial charge in [0.25, 0.3) is 0 Å². The topological polar surface area (TPSA) is 173 Å². The van der Waals surface area contributed by atoms with Gasteiger partial charge in [0.05, 0.1) is 0 Å². The molecule has 0 saturated heterocycles. The van der Waals surface area contributed by atoms with E-state index in [-0.39, 0.29) is 47.3 Å². The molecule has 10 nitrogen and oxygen atoms in total. The first kappa shape index (κ1) is 38.9.